The summed E-state index contributed by atoms with van der Waals surface area (Å²) >= 11 is 16.5. The molecule has 2 rings (SSSR count). The van der Waals surface area contributed by atoms with Gasteiger partial charge in [0.25, 0.3) is 5.91 Å². The van der Waals surface area contributed by atoms with E-state index in [-0.39, 0.29) is 17.4 Å². The van der Waals surface area contributed by atoms with Crippen LogP contribution in [0.1, 0.15) is 15.9 Å². The summed E-state index contributed by atoms with van der Waals surface area (Å²) in [5.41, 5.74) is 6.06. The fourth-order valence-electron chi connectivity index (χ4n) is 1.78. The van der Waals surface area contributed by atoms with Crippen molar-refractivity contribution in [2.24, 2.45) is 0 Å². The molecule has 0 atom stereocenters. The third-order valence-corrected chi connectivity index (χ3v) is 3.63. The third kappa shape index (κ3) is 5.81. The first kappa shape index (κ1) is 18.2. The van der Waals surface area contributed by atoms with Gasteiger partial charge < -0.3 is 5.32 Å². The van der Waals surface area contributed by atoms with E-state index in [1.54, 1.807) is 48.5 Å². The van der Waals surface area contributed by atoms with Gasteiger partial charge in [-0.2, -0.15) is 0 Å². The summed E-state index contributed by atoms with van der Waals surface area (Å²) in [5.74, 6) is -0.712. The van der Waals surface area contributed by atoms with Gasteiger partial charge in [-0.3, -0.25) is 20.4 Å². The van der Waals surface area contributed by atoms with Crippen molar-refractivity contribution in [1.82, 2.24) is 16.2 Å². The number of rotatable bonds is 3. The average Bonchev–Trinajstić information content (AvgIpc) is 2.55. The molecule has 2 aromatic carbocycles. The molecule has 0 aliphatic rings. The van der Waals surface area contributed by atoms with Gasteiger partial charge in [-0.1, -0.05) is 35.3 Å². The van der Waals surface area contributed by atoms with Gasteiger partial charge in [-0.15, -0.1) is 0 Å². The summed E-state index contributed by atoms with van der Waals surface area (Å²) in [6.07, 6.45) is 0.143. The predicted molar refractivity (Wildman–Crippen MR) is 98.0 cm³/mol. The molecule has 0 saturated heterocycles. The first-order valence-corrected chi connectivity index (χ1v) is 8.00. The Morgan fingerprint density at radius 2 is 1.42 bits per heavy atom. The van der Waals surface area contributed by atoms with Crippen LogP contribution in [-0.4, -0.2) is 16.9 Å². The lowest BCUT2D eigenvalue weighted by molar-refractivity contribution is -0.119. The van der Waals surface area contributed by atoms with E-state index in [0.29, 0.717) is 15.6 Å². The molecule has 24 heavy (non-hydrogen) atoms. The van der Waals surface area contributed by atoms with Crippen LogP contribution in [-0.2, 0) is 11.2 Å². The van der Waals surface area contributed by atoms with Crippen molar-refractivity contribution in [2.75, 3.05) is 0 Å². The first-order valence-electron chi connectivity index (χ1n) is 6.84. The van der Waals surface area contributed by atoms with Crippen molar-refractivity contribution < 1.29 is 9.59 Å². The average molecular weight is 382 g/mol. The Balaban J connectivity index is 1.78. The molecule has 2 aromatic rings. The zero-order chi connectivity index (χ0) is 17.5. The number of hydrogen-bond acceptors (Lipinski definition) is 3. The molecule has 0 aliphatic heterocycles. The van der Waals surface area contributed by atoms with Crippen molar-refractivity contribution in [1.29, 1.82) is 0 Å². The molecule has 5 nitrogen and oxygen atoms in total. The Hall–Kier alpha value is -2.15. The second kappa shape index (κ2) is 8.63. The summed E-state index contributed by atoms with van der Waals surface area (Å²) in [6, 6.07) is 13.2. The molecule has 0 heterocycles. The maximum atomic E-state index is 11.9. The Bertz CT molecular complexity index is 749. The smallest absolute Gasteiger partial charge is 0.269 e. The summed E-state index contributed by atoms with van der Waals surface area (Å²) < 4.78 is 0. The van der Waals surface area contributed by atoms with Crippen molar-refractivity contribution in [3.8, 4) is 0 Å². The van der Waals surface area contributed by atoms with Crippen LogP contribution in [0, 0.1) is 0 Å². The fraction of sp³-hybridized carbons (Fsp3) is 0.0625. The van der Waals surface area contributed by atoms with Crippen LogP contribution < -0.4 is 16.2 Å². The highest BCUT2D eigenvalue weighted by molar-refractivity contribution is 7.80. The number of amides is 2. The molecule has 0 saturated carbocycles. The van der Waals surface area contributed by atoms with E-state index in [2.05, 4.69) is 16.2 Å². The van der Waals surface area contributed by atoms with Crippen LogP contribution in [0.5, 0.6) is 0 Å². The van der Waals surface area contributed by atoms with Gasteiger partial charge in [-0.05, 0) is 54.2 Å². The Morgan fingerprint density at radius 1 is 0.875 bits per heavy atom. The van der Waals surface area contributed by atoms with Crippen LogP contribution in [0.15, 0.2) is 48.5 Å². The van der Waals surface area contributed by atoms with Gasteiger partial charge >= 0.3 is 0 Å². The monoisotopic (exact) mass is 381 g/mol. The highest BCUT2D eigenvalue weighted by Crippen LogP contribution is 2.10. The molecule has 0 spiro atoms. The molecule has 124 valence electrons. The van der Waals surface area contributed by atoms with E-state index >= 15 is 0 Å². The zero-order valence-corrected chi connectivity index (χ0v) is 14.6. The number of hydrazine groups is 1. The largest absolute Gasteiger partial charge is 0.302 e. The normalized spacial score (nSPS) is 9.92. The van der Waals surface area contributed by atoms with Gasteiger partial charge in [0.05, 0.1) is 6.42 Å². The van der Waals surface area contributed by atoms with E-state index in [9.17, 15) is 9.59 Å². The number of thiocarbonyl (C=S) groups is 1. The zero-order valence-electron chi connectivity index (χ0n) is 12.3. The molecule has 0 fully saturated rings. The summed E-state index contributed by atoms with van der Waals surface area (Å²) in [6.45, 7) is 0. The van der Waals surface area contributed by atoms with Crippen LogP contribution in [0.25, 0.3) is 0 Å². The maximum Gasteiger partial charge on any atom is 0.269 e. The van der Waals surface area contributed by atoms with E-state index in [1.165, 1.54) is 0 Å². The van der Waals surface area contributed by atoms with Crippen LogP contribution in [0.4, 0.5) is 0 Å². The fourth-order valence-corrected chi connectivity index (χ4v) is 2.19. The van der Waals surface area contributed by atoms with Crippen molar-refractivity contribution in [3.05, 3.63) is 69.7 Å². The SMILES string of the molecule is O=C(Cc1ccc(Cl)cc1)NC(=S)NNC(=O)c1ccc(Cl)cc1. The number of hydrogen-bond donors (Lipinski definition) is 3. The van der Waals surface area contributed by atoms with E-state index in [4.69, 9.17) is 35.4 Å². The first-order chi connectivity index (χ1) is 11.4. The molecule has 0 aromatic heterocycles. The molecular weight excluding hydrogens is 369 g/mol. The Kier molecular flexibility index (Phi) is 6.54. The minimum atomic E-state index is -0.402. The highest BCUT2D eigenvalue weighted by atomic mass is 35.5. The number of carbonyl (C=O) groups excluding carboxylic acids is 2. The summed E-state index contributed by atoms with van der Waals surface area (Å²) in [4.78, 5) is 23.7. The molecule has 8 heteroatoms. The van der Waals surface area contributed by atoms with Gasteiger partial charge in [0.2, 0.25) is 5.91 Å². The quantitative estimate of drug-likeness (QED) is 0.564. The van der Waals surface area contributed by atoms with Gasteiger partial charge in [-0.25, -0.2) is 0 Å². The van der Waals surface area contributed by atoms with Crippen molar-refractivity contribution in [2.45, 2.75) is 6.42 Å². The van der Waals surface area contributed by atoms with E-state index in [1.807, 2.05) is 0 Å². The summed E-state index contributed by atoms with van der Waals surface area (Å²) in [7, 11) is 0. The molecule has 2 amide bonds. The van der Waals surface area contributed by atoms with Gasteiger partial charge in [0.15, 0.2) is 5.11 Å². The van der Waals surface area contributed by atoms with Crippen LogP contribution in [0.2, 0.25) is 10.0 Å². The second-order valence-electron chi connectivity index (χ2n) is 4.77. The minimum absolute atomic E-state index is 0.00345. The standard InChI is InChI=1S/C16H13Cl2N3O2S/c17-12-5-1-10(2-6-12)9-14(22)19-16(24)21-20-15(23)11-3-7-13(18)8-4-11/h1-8H,9H2,(H,20,23)(H2,19,21,22,24). The Morgan fingerprint density at radius 3 is 2.00 bits per heavy atom. The molecule has 0 aliphatic carbocycles. The third-order valence-electron chi connectivity index (χ3n) is 2.93. The van der Waals surface area contributed by atoms with Gasteiger partial charge in [0.1, 0.15) is 0 Å². The summed E-state index contributed by atoms with van der Waals surface area (Å²) in [5, 5.41) is 3.60. The number of halogens is 2. The van der Waals surface area contributed by atoms with E-state index < -0.39 is 5.91 Å². The molecular formula is C16H13Cl2N3O2S. The highest BCUT2D eigenvalue weighted by Gasteiger charge is 2.08. The van der Waals surface area contributed by atoms with Crippen LogP contribution >= 0.6 is 35.4 Å². The number of nitrogens with one attached hydrogen (secondary N) is 3. The minimum Gasteiger partial charge on any atom is -0.302 e. The lowest BCUT2D eigenvalue weighted by Crippen LogP contribution is -2.48. The maximum absolute atomic E-state index is 11.9. The molecule has 3 N–H and O–H groups in total. The van der Waals surface area contributed by atoms with Crippen molar-refractivity contribution in [3.63, 3.8) is 0 Å². The lowest BCUT2D eigenvalue weighted by atomic mass is 10.1. The molecule has 0 unspecified atom stereocenters. The number of carbonyl (C=O) groups is 2. The van der Waals surface area contributed by atoms with Crippen molar-refractivity contribution >= 4 is 52.3 Å². The predicted octanol–water partition coefficient (Wildman–Crippen LogP) is 2.87. The van der Waals surface area contributed by atoms with Crippen LogP contribution in [0.3, 0.4) is 0 Å². The van der Waals surface area contributed by atoms with Gasteiger partial charge in [0, 0.05) is 15.6 Å². The molecule has 0 bridgehead atoms. The topological polar surface area (TPSA) is 70.2 Å². The molecule has 0 radical (unpaired) electrons. The number of benzene rings is 2. The lowest BCUT2D eigenvalue weighted by Gasteiger charge is -2.11. The van der Waals surface area contributed by atoms with E-state index in [0.717, 1.165) is 5.56 Å². The second-order valence-corrected chi connectivity index (χ2v) is 6.05. The Labute approximate surface area is 154 Å².